The third kappa shape index (κ3) is 6.59. The van der Waals surface area contributed by atoms with Crippen molar-refractivity contribution in [2.24, 2.45) is 0 Å². The molecule has 0 atom stereocenters. The van der Waals surface area contributed by atoms with Gasteiger partial charge in [0.1, 0.15) is 5.75 Å². The quantitative estimate of drug-likeness (QED) is 0.197. The highest BCUT2D eigenvalue weighted by Crippen LogP contribution is 2.22. The second kappa shape index (κ2) is 11.3. The zero-order chi connectivity index (χ0) is 21.2. The predicted octanol–water partition coefficient (Wildman–Crippen LogP) is 7.78. The lowest BCUT2D eigenvalue weighted by Gasteiger charge is -2.07. The third-order valence-corrected chi connectivity index (χ3v) is 5.46. The molecule has 0 spiro atoms. The van der Waals surface area contributed by atoms with Crippen molar-refractivity contribution in [1.82, 2.24) is 0 Å². The molecule has 0 unspecified atom stereocenters. The molecule has 3 aromatic carbocycles. The lowest BCUT2D eigenvalue weighted by Crippen LogP contribution is -2.08. The zero-order valence-corrected chi connectivity index (χ0v) is 18.2. The maximum Gasteiger partial charge on any atom is 0.343 e. The molecule has 3 rings (SSSR count). The second-order valence-electron chi connectivity index (χ2n) is 7.99. The fourth-order valence-corrected chi connectivity index (χ4v) is 3.54. The van der Waals surface area contributed by atoms with Crippen LogP contribution in [0.5, 0.6) is 5.75 Å². The molecular weight excluding hydrogens is 368 g/mol. The largest absolute Gasteiger partial charge is 0.423 e. The second-order valence-corrected chi connectivity index (χ2v) is 7.99. The molecule has 0 aliphatic heterocycles. The monoisotopic (exact) mass is 400 g/mol. The van der Waals surface area contributed by atoms with Gasteiger partial charge in [-0.05, 0) is 60.7 Å². The summed E-state index contributed by atoms with van der Waals surface area (Å²) in [5.74, 6) is 0.232. The van der Waals surface area contributed by atoms with Crippen molar-refractivity contribution in [3.63, 3.8) is 0 Å². The van der Waals surface area contributed by atoms with Crippen molar-refractivity contribution in [1.29, 1.82) is 0 Å². The number of esters is 1. The molecule has 0 fully saturated rings. The van der Waals surface area contributed by atoms with E-state index in [2.05, 4.69) is 31.2 Å². The smallest absolute Gasteiger partial charge is 0.343 e. The molecule has 0 saturated heterocycles. The van der Waals surface area contributed by atoms with E-state index in [1.807, 2.05) is 55.5 Å². The first-order valence-electron chi connectivity index (χ1n) is 11.1. The van der Waals surface area contributed by atoms with Crippen LogP contribution < -0.4 is 4.74 Å². The van der Waals surface area contributed by atoms with E-state index in [1.165, 1.54) is 49.7 Å². The summed E-state index contributed by atoms with van der Waals surface area (Å²) in [7, 11) is 0. The van der Waals surface area contributed by atoms with Crippen LogP contribution >= 0.6 is 0 Å². The van der Waals surface area contributed by atoms with Gasteiger partial charge >= 0.3 is 5.97 Å². The molecule has 156 valence electrons. The number of ether oxygens (including phenoxy) is 1. The highest BCUT2D eigenvalue weighted by Gasteiger charge is 2.09. The van der Waals surface area contributed by atoms with Crippen LogP contribution in [-0.2, 0) is 6.42 Å². The number of rotatable bonds is 10. The fourth-order valence-electron chi connectivity index (χ4n) is 3.54. The van der Waals surface area contributed by atoms with Crippen LogP contribution in [0, 0.1) is 6.92 Å². The molecule has 2 heteroatoms. The molecule has 0 heterocycles. The van der Waals surface area contributed by atoms with Gasteiger partial charge in [0.2, 0.25) is 0 Å². The Hall–Kier alpha value is -2.87. The molecule has 30 heavy (non-hydrogen) atoms. The minimum absolute atomic E-state index is 0.334. The third-order valence-electron chi connectivity index (χ3n) is 5.46. The molecule has 0 aliphatic carbocycles. The normalized spacial score (nSPS) is 10.7. The number of carbonyl (C=O) groups excluding carboxylic acids is 1. The number of hydrogen-bond donors (Lipinski definition) is 0. The average Bonchev–Trinajstić information content (AvgIpc) is 2.78. The molecule has 0 bridgehead atoms. The van der Waals surface area contributed by atoms with Crippen LogP contribution in [-0.4, -0.2) is 5.97 Å². The van der Waals surface area contributed by atoms with Crippen molar-refractivity contribution >= 4 is 5.97 Å². The first-order valence-corrected chi connectivity index (χ1v) is 11.1. The highest BCUT2D eigenvalue weighted by molar-refractivity contribution is 5.91. The Bertz CT molecular complexity index is 906. The van der Waals surface area contributed by atoms with Gasteiger partial charge in [-0.1, -0.05) is 93.1 Å². The van der Waals surface area contributed by atoms with Gasteiger partial charge in [0.15, 0.2) is 0 Å². The SMILES string of the molecule is CCCCCCCCc1ccc(-c2ccc(C(=O)Oc3ccc(C)cc3)cc2)cc1. The molecule has 0 amide bonds. The lowest BCUT2D eigenvalue weighted by molar-refractivity contribution is 0.0735. The Kier molecular flexibility index (Phi) is 8.26. The molecule has 0 radical (unpaired) electrons. The van der Waals surface area contributed by atoms with Gasteiger partial charge in [-0.25, -0.2) is 4.79 Å². The van der Waals surface area contributed by atoms with Gasteiger partial charge in [-0.3, -0.25) is 0 Å². The first-order chi connectivity index (χ1) is 14.7. The van der Waals surface area contributed by atoms with Gasteiger partial charge in [-0.2, -0.15) is 0 Å². The molecule has 3 aromatic rings. The van der Waals surface area contributed by atoms with Crippen LogP contribution in [0.4, 0.5) is 0 Å². The van der Waals surface area contributed by atoms with Crippen molar-refractivity contribution in [3.05, 3.63) is 89.5 Å². The van der Waals surface area contributed by atoms with E-state index < -0.39 is 0 Å². The van der Waals surface area contributed by atoms with Gasteiger partial charge < -0.3 is 4.74 Å². The van der Waals surface area contributed by atoms with Gasteiger partial charge in [0, 0.05) is 0 Å². The predicted molar refractivity (Wildman–Crippen MR) is 125 cm³/mol. The van der Waals surface area contributed by atoms with Crippen molar-refractivity contribution < 1.29 is 9.53 Å². The number of aryl methyl sites for hydroxylation is 2. The number of hydrogen-bond acceptors (Lipinski definition) is 2. The maximum absolute atomic E-state index is 12.4. The summed E-state index contributed by atoms with van der Waals surface area (Å²) >= 11 is 0. The minimum atomic E-state index is -0.334. The van der Waals surface area contributed by atoms with Crippen molar-refractivity contribution in [3.8, 4) is 16.9 Å². The Balaban J connectivity index is 1.52. The average molecular weight is 401 g/mol. The lowest BCUT2D eigenvalue weighted by atomic mass is 10.00. The van der Waals surface area contributed by atoms with Gasteiger partial charge in [0.05, 0.1) is 5.56 Å². The number of benzene rings is 3. The molecular formula is C28H32O2. The highest BCUT2D eigenvalue weighted by atomic mass is 16.5. The molecule has 2 nitrogen and oxygen atoms in total. The fraction of sp³-hybridized carbons (Fsp3) is 0.321. The van der Waals surface area contributed by atoms with Crippen LogP contribution in [0.25, 0.3) is 11.1 Å². The van der Waals surface area contributed by atoms with E-state index >= 15 is 0 Å². The topological polar surface area (TPSA) is 26.3 Å². The van der Waals surface area contributed by atoms with E-state index in [1.54, 1.807) is 0 Å². The molecule has 0 aliphatic rings. The Morgan fingerprint density at radius 3 is 1.90 bits per heavy atom. The number of unbranched alkanes of at least 4 members (excludes halogenated alkanes) is 5. The molecule has 0 N–H and O–H groups in total. The first kappa shape index (κ1) is 21.8. The van der Waals surface area contributed by atoms with Crippen LogP contribution in [0.15, 0.2) is 72.8 Å². The maximum atomic E-state index is 12.4. The summed E-state index contributed by atoms with van der Waals surface area (Å²) in [4.78, 5) is 12.4. The standard InChI is InChI=1S/C28H32O2/c1-3-4-5-6-7-8-9-23-12-14-24(15-13-23)25-16-18-26(19-17-25)28(29)30-27-20-10-22(2)11-21-27/h10-21H,3-9H2,1-2H3. The van der Waals surface area contributed by atoms with Crippen molar-refractivity contribution in [2.45, 2.75) is 58.8 Å². The Labute approximate surface area is 180 Å². The van der Waals surface area contributed by atoms with E-state index in [0.29, 0.717) is 11.3 Å². The van der Waals surface area contributed by atoms with E-state index in [0.717, 1.165) is 17.5 Å². The summed E-state index contributed by atoms with van der Waals surface area (Å²) < 4.78 is 5.45. The van der Waals surface area contributed by atoms with Gasteiger partial charge in [0.25, 0.3) is 0 Å². The Morgan fingerprint density at radius 2 is 1.27 bits per heavy atom. The summed E-state index contributed by atoms with van der Waals surface area (Å²) in [5.41, 5.74) is 5.36. The van der Waals surface area contributed by atoms with E-state index in [4.69, 9.17) is 4.74 Å². The van der Waals surface area contributed by atoms with E-state index in [9.17, 15) is 4.79 Å². The Morgan fingerprint density at radius 1 is 0.700 bits per heavy atom. The summed E-state index contributed by atoms with van der Waals surface area (Å²) in [6, 6.07) is 23.9. The summed E-state index contributed by atoms with van der Waals surface area (Å²) in [6.07, 6.45) is 9.11. The van der Waals surface area contributed by atoms with Crippen LogP contribution in [0.1, 0.15) is 66.9 Å². The summed E-state index contributed by atoms with van der Waals surface area (Å²) in [5, 5.41) is 0. The van der Waals surface area contributed by atoms with Gasteiger partial charge in [-0.15, -0.1) is 0 Å². The zero-order valence-electron chi connectivity index (χ0n) is 18.2. The molecule has 0 aromatic heterocycles. The number of carbonyl (C=O) groups is 1. The molecule has 0 saturated carbocycles. The summed E-state index contributed by atoms with van der Waals surface area (Å²) in [6.45, 7) is 4.26. The van der Waals surface area contributed by atoms with E-state index in [-0.39, 0.29) is 5.97 Å². The van der Waals surface area contributed by atoms with Crippen LogP contribution in [0.3, 0.4) is 0 Å². The van der Waals surface area contributed by atoms with Crippen molar-refractivity contribution in [2.75, 3.05) is 0 Å². The minimum Gasteiger partial charge on any atom is -0.423 e. The van der Waals surface area contributed by atoms with Crippen LogP contribution in [0.2, 0.25) is 0 Å².